The SMILES string of the molecule is Oc1ccc(CNC2CCc3ccccc3C2)nc1. The highest BCUT2D eigenvalue weighted by Gasteiger charge is 2.17. The third kappa shape index (κ3) is 2.93. The molecule has 3 rings (SSSR count). The second-order valence-corrected chi connectivity index (χ2v) is 5.10. The molecule has 2 aromatic rings. The van der Waals surface area contributed by atoms with Crippen LogP contribution in [0.3, 0.4) is 0 Å². The van der Waals surface area contributed by atoms with Crippen LogP contribution < -0.4 is 5.32 Å². The van der Waals surface area contributed by atoms with E-state index in [0.717, 1.165) is 25.1 Å². The van der Waals surface area contributed by atoms with Crippen molar-refractivity contribution in [2.75, 3.05) is 0 Å². The van der Waals surface area contributed by atoms with Crippen LogP contribution in [0.15, 0.2) is 42.6 Å². The van der Waals surface area contributed by atoms with Gasteiger partial charge in [0.2, 0.25) is 0 Å². The van der Waals surface area contributed by atoms with Gasteiger partial charge in [-0.1, -0.05) is 24.3 Å². The van der Waals surface area contributed by atoms with Crippen molar-refractivity contribution in [2.45, 2.75) is 31.8 Å². The van der Waals surface area contributed by atoms with Gasteiger partial charge in [-0.25, -0.2) is 0 Å². The minimum atomic E-state index is 0.218. The van der Waals surface area contributed by atoms with Crippen LogP contribution >= 0.6 is 0 Å². The zero-order chi connectivity index (χ0) is 13.1. The van der Waals surface area contributed by atoms with E-state index in [1.807, 2.05) is 6.07 Å². The van der Waals surface area contributed by atoms with Gasteiger partial charge in [0.25, 0.3) is 0 Å². The zero-order valence-corrected chi connectivity index (χ0v) is 10.8. The van der Waals surface area contributed by atoms with Crippen LogP contribution in [0.25, 0.3) is 0 Å². The third-order valence-corrected chi connectivity index (χ3v) is 3.73. The monoisotopic (exact) mass is 254 g/mol. The molecular weight excluding hydrogens is 236 g/mol. The highest BCUT2D eigenvalue weighted by atomic mass is 16.3. The fourth-order valence-electron chi connectivity index (χ4n) is 2.64. The van der Waals surface area contributed by atoms with Crippen molar-refractivity contribution >= 4 is 0 Å². The first-order valence-corrected chi connectivity index (χ1v) is 6.75. The minimum absolute atomic E-state index is 0.218. The van der Waals surface area contributed by atoms with Gasteiger partial charge < -0.3 is 10.4 Å². The maximum absolute atomic E-state index is 9.20. The molecule has 98 valence electrons. The molecule has 0 fully saturated rings. The van der Waals surface area contributed by atoms with E-state index in [4.69, 9.17) is 0 Å². The molecular formula is C16H18N2O. The quantitative estimate of drug-likeness (QED) is 0.884. The molecule has 1 heterocycles. The summed E-state index contributed by atoms with van der Waals surface area (Å²) < 4.78 is 0. The van der Waals surface area contributed by atoms with E-state index in [0.29, 0.717) is 6.04 Å². The lowest BCUT2D eigenvalue weighted by Crippen LogP contribution is -2.34. The molecule has 0 saturated heterocycles. The topological polar surface area (TPSA) is 45.1 Å². The first-order chi connectivity index (χ1) is 9.31. The molecule has 0 amide bonds. The number of benzene rings is 1. The van der Waals surface area contributed by atoms with Crippen LogP contribution in [-0.2, 0) is 19.4 Å². The molecule has 19 heavy (non-hydrogen) atoms. The van der Waals surface area contributed by atoms with Crippen molar-refractivity contribution in [2.24, 2.45) is 0 Å². The summed E-state index contributed by atoms with van der Waals surface area (Å²) in [5.74, 6) is 0.218. The number of aromatic hydroxyl groups is 1. The molecule has 3 nitrogen and oxygen atoms in total. The third-order valence-electron chi connectivity index (χ3n) is 3.73. The summed E-state index contributed by atoms with van der Waals surface area (Å²) >= 11 is 0. The van der Waals surface area contributed by atoms with Gasteiger partial charge >= 0.3 is 0 Å². The highest BCUT2D eigenvalue weighted by Crippen LogP contribution is 2.21. The number of pyridine rings is 1. The predicted molar refractivity (Wildman–Crippen MR) is 75.0 cm³/mol. The normalized spacial score (nSPS) is 18.0. The van der Waals surface area contributed by atoms with Crippen molar-refractivity contribution in [1.82, 2.24) is 10.3 Å². The summed E-state index contributed by atoms with van der Waals surface area (Å²) in [6.45, 7) is 0.757. The number of rotatable bonds is 3. The molecule has 0 bridgehead atoms. The minimum Gasteiger partial charge on any atom is -0.506 e. The zero-order valence-electron chi connectivity index (χ0n) is 10.8. The second kappa shape index (κ2) is 5.41. The lowest BCUT2D eigenvalue weighted by molar-refractivity contribution is 0.452. The van der Waals surface area contributed by atoms with E-state index in [9.17, 15) is 5.11 Å². The lowest BCUT2D eigenvalue weighted by Gasteiger charge is -2.25. The number of hydrogen-bond donors (Lipinski definition) is 2. The van der Waals surface area contributed by atoms with Gasteiger partial charge in [-0.15, -0.1) is 0 Å². The average molecular weight is 254 g/mol. The van der Waals surface area contributed by atoms with Gasteiger partial charge in [-0.2, -0.15) is 0 Å². The van der Waals surface area contributed by atoms with Gasteiger partial charge in [0.05, 0.1) is 11.9 Å². The molecule has 1 atom stereocenters. The van der Waals surface area contributed by atoms with Crippen molar-refractivity contribution in [3.63, 3.8) is 0 Å². The van der Waals surface area contributed by atoms with Crippen LogP contribution in [0, 0.1) is 0 Å². The number of hydrogen-bond acceptors (Lipinski definition) is 3. The molecule has 0 saturated carbocycles. The number of nitrogens with one attached hydrogen (secondary N) is 1. The average Bonchev–Trinajstić information content (AvgIpc) is 2.46. The van der Waals surface area contributed by atoms with Crippen LogP contribution in [0.4, 0.5) is 0 Å². The largest absolute Gasteiger partial charge is 0.506 e. The summed E-state index contributed by atoms with van der Waals surface area (Å²) in [5, 5.41) is 12.8. The highest BCUT2D eigenvalue weighted by molar-refractivity contribution is 5.30. The van der Waals surface area contributed by atoms with E-state index in [-0.39, 0.29) is 5.75 Å². The summed E-state index contributed by atoms with van der Waals surface area (Å²) in [4.78, 5) is 4.19. The molecule has 0 aliphatic heterocycles. The number of nitrogens with zero attached hydrogens (tertiary/aromatic N) is 1. The predicted octanol–water partition coefficient (Wildman–Crippen LogP) is 2.43. The standard InChI is InChI=1S/C16H18N2O/c19-16-8-7-15(18-11-16)10-17-14-6-5-12-3-1-2-4-13(12)9-14/h1-4,7-8,11,14,17,19H,5-6,9-10H2. The Kier molecular flexibility index (Phi) is 3.47. The van der Waals surface area contributed by atoms with Gasteiger partial charge in [-0.3, -0.25) is 4.98 Å². The molecule has 1 aliphatic carbocycles. The van der Waals surface area contributed by atoms with Crippen molar-refractivity contribution < 1.29 is 5.11 Å². The lowest BCUT2D eigenvalue weighted by atomic mass is 9.88. The Morgan fingerprint density at radius 2 is 2.00 bits per heavy atom. The van der Waals surface area contributed by atoms with E-state index < -0.39 is 0 Å². The smallest absolute Gasteiger partial charge is 0.133 e. The maximum Gasteiger partial charge on any atom is 0.133 e. The van der Waals surface area contributed by atoms with Gasteiger partial charge in [0.1, 0.15) is 5.75 Å². The Labute approximate surface area is 113 Å². The van der Waals surface area contributed by atoms with Gasteiger partial charge in [-0.05, 0) is 42.5 Å². The summed E-state index contributed by atoms with van der Waals surface area (Å²) in [7, 11) is 0. The molecule has 0 radical (unpaired) electrons. The van der Waals surface area contributed by atoms with Crippen LogP contribution in [-0.4, -0.2) is 16.1 Å². The molecule has 1 unspecified atom stereocenters. The van der Waals surface area contributed by atoms with E-state index >= 15 is 0 Å². The Hall–Kier alpha value is -1.87. The Bertz CT molecular complexity index is 551. The first-order valence-electron chi connectivity index (χ1n) is 6.75. The van der Waals surface area contributed by atoms with Crippen molar-refractivity contribution in [3.8, 4) is 5.75 Å². The van der Waals surface area contributed by atoms with E-state index in [2.05, 4.69) is 34.6 Å². The van der Waals surface area contributed by atoms with Crippen LogP contribution in [0.1, 0.15) is 23.2 Å². The number of aryl methyl sites for hydroxylation is 1. The summed E-state index contributed by atoms with van der Waals surface area (Å²) in [6, 6.07) is 12.7. The molecule has 1 aromatic heterocycles. The molecule has 0 spiro atoms. The Morgan fingerprint density at radius 1 is 1.16 bits per heavy atom. The van der Waals surface area contributed by atoms with Crippen molar-refractivity contribution in [3.05, 3.63) is 59.4 Å². The summed E-state index contributed by atoms with van der Waals surface area (Å²) in [6.07, 6.45) is 4.91. The first kappa shape index (κ1) is 12.2. The fraction of sp³-hybridized carbons (Fsp3) is 0.312. The summed E-state index contributed by atoms with van der Waals surface area (Å²) in [5.41, 5.74) is 3.92. The van der Waals surface area contributed by atoms with Gasteiger partial charge in [0.15, 0.2) is 0 Å². The van der Waals surface area contributed by atoms with Crippen molar-refractivity contribution in [1.29, 1.82) is 0 Å². The van der Waals surface area contributed by atoms with Gasteiger partial charge in [0, 0.05) is 12.6 Å². The molecule has 3 heteroatoms. The molecule has 1 aliphatic rings. The van der Waals surface area contributed by atoms with Crippen LogP contribution in [0.5, 0.6) is 5.75 Å². The second-order valence-electron chi connectivity index (χ2n) is 5.10. The maximum atomic E-state index is 9.20. The molecule has 2 N–H and O–H groups in total. The fourth-order valence-corrected chi connectivity index (χ4v) is 2.64. The number of aromatic nitrogens is 1. The molecule has 1 aromatic carbocycles. The van der Waals surface area contributed by atoms with E-state index in [1.54, 1.807) is 6.07 Å². The van der Waals surface area contributed by atoms with Crippen LogP contribution in [0.2, 0.25) is 0 Å². The Balaban J connectivity index is 1.59. The Morgan fingerprint density at radius 3 is 2.79 bits per heavy atom. The van der Waals surface area contributed by atoms with E-state index in [1.165, 1.54) is 23.7 Å². The number of fused-ring (bicyclic) bond motifs is 1.